The minimum Gasteiger partial charge on any atom is -0.351 e. The van der Waals surface area contributed by atoms with Crippen LogP contribution in [-0.4, -0.2) is 39.4 Å². The van der Waals surface area contributed by atoms with Gasteiger partial charge in [-0.05, 0) is 42.9 Å². The number of carbonyl (C=O) groups is 3. The first kappa shape index (κ1) is 21.5. The van der Waals surface area contributed by atoms with Crippen LogP contribution < -0.4 is 11.1 Å². The number of piperidine rings is 1. The number of carbonyl (C=O) groups excluding carboxylic acids is 3. The highest BCUT2D eigenvalue weighted by molar-refractivity contribution is 6.30. The molecule has 3 N–H and O–H groups in total. The van der Waals surface area contributed by atoms with E-state index in [1.807, 2.05) is 0 Å². The maximum absolute atomic E-state index is 14.2. The largest absolute Gasteiger partial charge is 0.351 e. The molecule has 0 bridgehead atoms. The third-order valence-corrected chi connectivity index (χ3v) is 6.87. The minimum atomic E-state index is -0.656. The van der Waals surface area contributed by atoms with Crippen LogP contribution in [0.15, 0.2) is 48.7 Å². The number of amides is 3. The van der Waals surface area contributed by atoms with Crippen molar-refractivity contribution in [2.45, 2.75) is 37.8 Å². The molecule has 2 heterocycles. The van der Waals surface area contributed by atoms with Gasteiger partial charge < -0.3 is 16.0 Å². The van der Waals surface area contributed by atoms with E-state index in [4.69, 9.17) is 17.3 Å². The number of aryl methyl sites for hydroxylation is 1. The summed E-state index contributed by atoms with van der Waals surface area (Å²) in [6, 6.07) is 10.3. The maximum Gasteiger partial charge on any atom is 0.323 e. The molecule has 3 aromatic rings. The number of hydrogen-bond acceptors (Lipinski definition) is 3. The van der Waals surface area contributed by atoms with Gasteiger partial charge in [0.05, 0.1) is 22.3 Å². The molecule has 2 fully saturated rings. The van der Waals surface area contributed by atoms with E-state index < -0.39 is 17.9 Å². The molecular weight excluding hydrogens is 447 g/mol. The summed E-state index contributed by atoms with van der Waals surface area (Å²) < 4.78 is 15.5. The van der Waals surface area contributed by atoms with E-state index >= 15 is 0 Å². The second kappa shape index (κ2) is 8.19. The number of nitrogens with two attached hydrogens (primary N) is 1. The number of primary amides is 1. The first-order chi connectivity index (χ1) is 15.8. The zero-order valence-corrected chi connectivity index (χ0v) is 18.4. The van der Waals surface area contributed by atoms with Crippen molar-refractivity contribution >= 4 is 46.0 Å². The summed E-state index contributed by atoms with van der Waals surface area (Å²) in [4.78, 5) is 39.6. The lowest BCUT2D eigenvalue weighted by atomic mass is 10.00. The van der Waals surface area contributed by atoms with Gasteiger partial charge in [0, 0.05) is 24.0 Å². The highest BCUT2D eigenvalue weighted by atomic mass is 35.5. The minimum absolute atomic E-state index is 0.0198. The molecule has 1 saturated heterocycles. The van der Waals surface area contributed by atoms with E-state index in [1.165, 1.54) is 16.8 Å². The van der Waals surface area contributed by atoms with Crippen LogP contribution in [0.25, 0.3) is 10.9 Å². The Balaban J connectivity index is 1.33. The molecule has 3 amide bonds. The standard InChI is InChI=1S/C24H22ClFN4O3/c25-16-6-3-4-13(22(16)26)8-9-21(31)20-11-14-10-19(14)30(20)24(33)28-17-12-29(23(27)32)18-7-2-1-5-15(17)18/h1-7,12,14,19-20H,8-11H2,(H2,27,32)(H,28,33)/t14?,19?,20-/m0/s1. The van der Waals surface area contributed by atoms with Crippen molar-refractivity contribution in [2.24, 2.45) is 11.7 Å². The maximum atomic E-state index is 14.2. The van der Waals surface area contributed by atoms with Gasteiger partial charge in [0.25, 0.3) is 0 Å². The number of likely N-dealkylation sites (tertiary alicyclic amines) is 1. The Morgan fingerprint density at radius 2 is 1.91 bits per heavy atom. The zero-order valence-electron chi connectivity index (χ0n) is 17.6. The lowest BCUT2D eigenvalue weighted by Crippen LogP contribution is -2.45. The predicted octanol–water partition coefficient (Wildman–Crippen LogP) is 4.56. The number of halogens is 2. The Labute approximate surface area is 194 Å². The molecule has 1 aliphatic heterocycles. The van der Waals surface area contributed by atoms with Gasteiger partial charge in [-0.2, -0.15) is 0 Å². The summed E-state index contributed by atoms with van der Waals surface area (Å²) in [6.07, 6.45) is 3.30. The van der Waals surface area contributed by atoms with Crippen molar-refractivity contribution in [3.63, 3.8) is 0 Å². The van der Waals surface area contributed by atoms with Crippen molar-refractivity contribution in [3.05, 3.63) is 65.1 Å². The molecular formula is C24H22ClFN4O3. The molecule has 2 aliphatic rings. The molecule has 1 aliphatic carbocycles. The van der Waals surface area contributed by atoms with Gasteiger partial charge in [0.2, 0.25) is 0 Å². The van der Waals surface area contributed by atoms with Crippen molar-refractivity contribution < 1.29 is 18.8 Å². The second-order valence-corrected chi connectivity index (χ2v) is 9.01. The Kier molecular flexibility index (Phi) is 5.32. The van der Waals surface area contributed by atoms with Crippen molar-refractivity contribution in [2.75, 3.05) is 5.32 Å². The van der Waals surface area contributed by atoms with Crippen LogP contribution >= 0.6 is 11.6 Å². The van der Waals surface area contributed by atoms with Crippen LogP contribution in [-0.2, 0) is 11.2 Å². The summed E-state index contributed by atoms with van der Waals surface area (Å²) >= 11 is 5.83. The number of para-hydroxylation sites is 1. The number of nitrogens with zero attached hydrogens (tertiary/aromatic N) is 2. The molecule has 0 radical (unpaired) electrons. The summed E-state index contributed by atoms with van der Waals surface area (Å²) in [7, 11) is 0. The summed E-state index contributed by atoms with van der Waals surface area (Å²) in [5.74, 6) is -0.308. The van der Waals surface area contributed by atoms with E-state index in [0.717, 1.165) is 6.42 Å². The highest BCUT2D eigenvalue weighted by Crippen LogP contribution is 2.48. The number of rotatable bonds is 5. The van der Waals surface area contributed by atoms with Gasteiger partial charge in [0.15, 0.2) is 5.78 Å². The molecule has 170 valence electrons. The van der Waals surface area contributed by atoms with Crippen LogP contribution in [0.5, 0.6) is 0 Å². The topological polar surface area (TPSA) is 97.4 Å². The first-order valence-electron chi connectivity index (χ1n) is 10.8. The van der Waals surface area contributed by atoms with Crippen molar-refractivity contribution in [3.8, 4) is 0 Å². The van der Waals surface area contributed by atoms with Crippen molar-refractivity contribution in [1.82, 2.24) is 9.47 Å². The third kappa shape index (κ3) is 3.84. The number of anilines is 1. The van der Waals surface area contributed by atoms with E-state index in [9.17, 15) is 18.8 Å². The molecule has 5 rings (SSSR count). The summed E-state index contributed by atoms with van der Waals surface area (Å²) in [6.45, 7) is 0. The molecule has 0 spiro atoms. The van der Waals surface area contributed by atoms with Crippen LogP contribution in [0, 0.1) is 11.7 Å². The molecule has 7 nitrogen and oxygen atoms in total. The first-order valence-corrected chi connectivity index (χ1v) is 11.2. The Morgan fingerprint density at radius 1 is 1.12 bits per heavy atom. The number of fused-ring (bicyclic) bond motifs is 2. The average molecular weight is 469 g/mol. The number of benzene rings is 2. The number of urea groups is 1. The molecule has 3 atom stereocenters. The van der Waals surface area contributed by atoms with Gasteiger partial charge >= 0.3 is 12.1 Å². The average Bonchev–Trinajstić information content (AvgIpc) is 3.30. The molecule has 1 aromatic heterocycles. The fourth-order valence-electron chi connectivity index (χ4n) is 4.84. The summed E-state index contributed by atoms with van der Waals surface area (Å²) in [5.41, 5.74) is 6.88. The number of hydrogen-bond donors (Lipinski definition) is 2. The molecule has 9 heteroatoms. The van der Waals surface area contributed by atoms with Gasteiger partial charge in [-0.1, -0.05) is 41.9 Å². The third-order valence-electron chi connectivity index (χ3n) is 6.57. The lowest BCUT2D eigenvalue weighted by molar-refractivity contribution is -0.123. The van der Waals surface area contributed by atoms with Crippen LogP contribution in [0.3, 0.4) is 0 Å². The van der Waals surface area contributed by atoms with Gasteiger partial charge in [-0.3, -0.25) is 9.36 Å². The Morgan fingerprint density at radius 3 is 2.70 bits per heavy atom. The van der Waals surface area contributed by atoms with Gasteiger partial charge in [0.1, 0.15) is 5.82 Å². The van der Waals surface area contributed by atoms with Crippen molar-refractivity contribution in [1.29, 1.82) is 0 Å². The van der Waals surface area contributed by atoms with Gasteiger partial charge in [-0.15, -0.1) is 0 Å². The Hall–Kier alpha value is -3.39. The van der Waals surface area contributed by atoms with Crippen LogP contribution in [0.2, 0.25) is 5.02 Å². The number of Topliss-reactive ketones (excluding diaryl/α,β-unsaturated/α-hetero) is 1. The quantitative estimate of drug-likeness (QED) is 0.574. The van der Waals surface area contributed by atoms with Gasteiger partial charge in [-0.25, -0.2) is 14.0 Å². The SMILES string of the molecule is NC(=O)n1cc(NC(=O)N2C3CC3C[C@H]2C(=O)CCc2cccc(Cl)c2F)c2ccccc21. The summed E-state index contributed by atoms with van der Waals surface area (Å²) in [5, 5.41) is 3.57. The van der Waals surface area contributed by atoms with E-state index in [1.54, 1.807) is 41.3 Å². The number of ketones is 1. The Bertz CT molecular complexity index is 1290. The number of aromatic nitrogens is 1. The zero-order chi connectivity index (χ0) is 23.3. The van der Waals surface area contributed by atoms with Crippen LogP contribution in [0.4, 0.5) is 19.7 Å². The monoisotopic (exact) mass is 468 g/mol. The molecule has 1 saturated carbocycles. The normalized spacial score (nSPS) is 21.2. The van der Waals surface area contributed by atoms with E-state index in [2.05, 4.69) is 5.32 Å². The molecule has 2 aromatic carbocycles. The fourth-order valence-corrected chi connectivity index (χ4v) is 5.04. The van der Waals surface area contributed by atoms with E-state index in [0.29, 0.717) is 34.5 Å². The predicted molar refractivity (Wildman–Crippen MR) is 123 cm³/mol. The smallest absolute Gasteiger partial charge is 0.323 e. The highest BCUT2D eigenvalue weighted by Gasteiger charge is 2.55. The number of nitrogens with one attached hydrogen (secondary N) is 1. The second-order valence-electron chi connectivity index (χ2n) is 8.60. The van der Waals surface area contributed by atoms with Crippen LogP contribution in [0.1, 0.15) is 24.8 Å². The lowest BCUT2D eigenvalue weighted by Gasteiger charge is -2.27. The molecule has 33 heavy (non-hydrogen) atoms. The fraction of sp³-hybridized carbons (Fsp3) is 0.292. The molecule has 2 unspecified atom stereocenters. The van der Waals surface area contributed by atoms with E-state index in [-0.39, 0.29) is 35.7 Å².